The Morgan fingerprint density at radius 2 is 2.29 bits per heavy atom. The smallest absolute Gasteiger partial charge is 0.271 e. The Balaban J connectivity index is 1.69. The third-order valence-corrected chi connectivity index (χ3v) is 4.59. The van der Waals surface area contributed by atoms with Gasteiger partial charge in [-0.15, -0.1) is 0 Å². The van der Waals surface area contributed by atoms with Gasteiger partial charge in [-0.2, -0.15) is 11.8 Å². The summed E-state index contributed by atoms with van der Waals surface area (Å²) in [6, 6.07) is 3.44. The molecule has 7 nitrogen and oxygen atoms in total. The first-order chi connectivity index (χ1) is 11.6. The van der Waals surface area contributed by atoms with Crippen molar-refractivity contribution in [2.75, 3.05) is 18.6 Å². The molecule has 128 valence electrons. The summed E-state index contributed by atoms with van der Waals surface area (Å²) in [5, 5.41) is 2.79. The van der Waals surface area contributed by atoms with Gasteiger partial charge in [-0.05, 0) is 25.3 Å². The third-order valence-electron chi connectivity index (χ3n) is 4.05. The van der Waals surface area contributed by atoms with E-state index >= 15 is 0 Å². The number of hydrogen-bond acceptors (Lipinski definition) is 5. The SMILES string of the molecule is CSCC(=O)N1CCn2cc(C(=O)NCc3ccco3)nc2C1C. The molecule has 1 aliphatic heterocycles. The molecule has 3 heterocycles. The van der Waals surface area contributed by atoms with Gasteiger partial charge in [-0.1, -0.05) is 0 Å². The number of furan rings is 1. The topological polar surface area (TPSA) is 80.4 Å². The molecule has 3 rings (SSSR count). The Hall–Kier alpha value is -2.22. The minimum atomic E-state index is -0.248. The van der Waals surface area contributed by atoms with Crippen LogP contribution >= 0.6 is 11.8 Å². The van der Waals surface area contributed by atoms with E-state index in [0.717, 1.165) is 5.82 Å². The van der Waals surface area contributed by atoms with Crippen molar-refractivity contribution in [2.45, 2.75) is 26.1 Å². The maximum Gasteiger partial charge on any atom is 0.271 e. The van der Waals surface area contributed by atoms with Crippen LogP contribution in [-0.2, 0) is 17.9 Å². The minimum Gasteiger partial charge on any atom is -0.467 e. The Morgan fingerprint density at radius 1 is 1.46 bits per heavy atom. The summed E-state index contributed by atoms with van der Waals surface area (Å²) < 4.78 is 7.15. The molecule has 1 aliphatic rings. The van der Waals surface area contributed by atoms with Crippen LogP contribution in [0, 0.1) is 0 Å². The molecule has 0 aliphatic carbocycles. The Bertz CT molecular complexity index is 726. The Kier molecular flexibility index (Phi) is 4.94. The molecule has 0 fully saturated rings. The van der Waals surface area contributed by atoms with E-state index in [-0.39, 0.29) is 17.9 Å². The summed E-state index contributed by atoms with van der Waals surface area (Å²) in [6.07, 6.45) is 5.23. The number of aromatic nitrogens is 2. The van der Waals surface area contributed by atoms with Gasteiger partial charge in [0.25, 0.3) is 5.91 Å². The van der Waals surface area contributed by atoms with Crippen LogP contribution in [0.1, 0.15) is 35.0 Å². The zero-order chi connectivity index (χ0) is 17.1. The average Bonchev–Trinajstić information content (AvgIpc) is 3.23. The monoisotopic (exact) mass is 348 g/mol. The molecule has 0 saturated carbocycles. The molecule has 0 radical (unpaired) electrons. The van der Waals surface area contributed by atoms with Crippen molar-refractivity contribution in [2.24, 2.45) is 0 Å². The van der Waals surface area contributed by atoms with Crippen LogP contribution < -0.4 is 5.32 Å². The van der Waals surface area contributed by atoms with Crippen LogP contribution in [0.4, 0.5) is 0 Å². The van der Waals surface area contributed by atoms with Crippen molar-refractivity contribution in [3.05, 3.63) is 41.9 Å². The number of nitrogens with one attached hydrogen (secondary N) is 1. The lowest BCUT2D eigenvalue weighted by molar-refractivity contribution is -0.131. The summed E-state index contributed by atoms with van der Waals surface area (Å²) in [4.78, 5) is 30.7. The first-order valence-corrected chi connectivity index (χ1v) is 9.15. The highest BCUT2D eigenvalue weighted by Gasteiger charge is 2.30. The second-order valence-electron chi connectivity index (χ2n) is 5.64. The molecular weight excluding hydrogens is 328 g/mol. The second kappa shape index (κ2) is 7.12. The predicted molar refractivity (Wildman–Crippen MR) is 90.6 cm³/mol. The second-order valence-corrected chi connectivity index (χ2v) is 6.50. The van der Waals surface area contributed by atoms with Crippen LogP contribution in [0.2, 0.25) is 0 Å². The standard InChI is InChI=1S/C16H20N4O3S/c1-11-15-18-13(16(22)17-8-12-4-3-7-23-12)9-19(15)5-6-20(11)14(21)10-24-2/h3-4,7,9,11H,5-6,8,10H2,1-2H3,(H,17,22). The number of fused-ring (bicyclic) bond motifs is 1. The summed E-state index contributed by atoms with van der Waals surface area (Å²) >= 11 is 1.51. The number of carbonyl (C=O) groups is 2. The minimum absolute atomic E-state index is 0.105. The van der Waals surface area contributed by atoms with Gasteiger partial charge in [0.05, 0.1) is 24.6 Å². The van der Waals surface area contributed by atoms with Gasteiger partial charge in [-0.3, -0.25) is 9.59 Å². The van der Waals surface area contributed by atoms with Gasteiger partial charge in [-0.25, -0.2) is 4.98 Å². The highest BCUT2D eigenvalue weighted by molar-refractivity contribution is 7.99. The van der Waals surface area contributed by atoms with E-state index in [2.05, 4.69) is 10.3 Å². The highest BCUT2D eigenvalue weighted by Crippen LogP contribution is 2.25. The molecule has 0 bridgehead atoms. The average molecular weight is 348 g/mol. The quantitative estimate of drug-likeness (QED) is 0.889. The van der Waals surface area contributed by atoms with E-state index in [1.165, 1.54) is 11.8 Å². The molecule has 2 aromatic heterocycles. The van der Waals surface area contributed by atoms with E-state index in [9.17, 15) is 9.59 Å². The predicted octanol–water partition coefficient (Wildman–Crippen LogP) is 1.67. The van der Waals surface area contributed by atoms with Crippen LogP contribution in [0.15, 0.2) is 29.0 Å². The van der Waals surface area contributed by atoms with Crippen molar-refractivity contribution >= 4 is 23.6 Å². The molecule has 24 heavy (non-hydrogen) atoms. The van der Waals surface area contributed by atoms with Crippen molar-refractivity contribution in [3.63, 3.8) is 0 Å². The maximum atomic E-state index is 12.3. The van der Waals surface area contributed by atoms with E-state index in [1.807, 2.05) is 22.6 Å². The van der Waals surface area contributed by atoms with Crippen molar-refractivity contribution in [1.29, 1.82) is 0 Å². The van der Waals surface area contributed by atoms with E-state index < -0.39 is 0 Å². The van der Waals surface area contributed by atoms with Crippen LogP contribution in [0.25, 0.3) is 0 Å². The van der Waals surface area contributed by atoms with Gasteiger partial charge in [0.2, 0.25) is 5.91 Å². The van der Waals surface area contributed by atoms with Gasteiger partial charge < -0.3 is 19.2 Å². The number of rotatable bonds is 5. The summed E-state index contributed by atoms with van der Waals surface area (Å²) in [6.45, 7) is 3.55. The van der Waals surface area contributed by atoms with E-state index in [4.69, 9.17) is 4.42 Å². The first-order valence-electron chi connectivity index (χ1n) is 7.76. The van der Waals surface area contributed by atoms with Crippen molar-refractivity contribution < 1.29 is 14.0 Å². The first kappa shape index (κ1) is 16.6. The number of thioether (sulfide) groups is 1. The lowest BCUT2D eigenvalue weighted by atomic mass is 10.2. The fourth-order valence-corrected chi connectivity index (χ4v) is 3.23. The molecule has 1 atom stereocenters. The molecule has 0 spiro atoms. The molecule has 2 aromatic rings. The lowest BCUT2D eigenvalue weighted by Gasteiger charge is -2.33. The fraction of sp³-hybridized carbons (Fsp3) is 0.438. The number of imidazole rings is 1. The molecule has 0 aromatic carbocycles. The number of carbonyl (C=O) groups excluding carboxylic acids is 2. The van der Waals surface area contributed by atoms with Gasteiger partial charge in [0.1, 0.15) is 17.3 Å². The summed E-state index contributed by atoms with van der Waals surface area (Å²) in [7, 11) is 0. The van der Waals surface area contributed by atoms with Gasteiger partial charge in [0, 0.05) is 19.3 Å². The maximum absolute atomic E-state index is 12.3. The fourth-order valence-electron chi connectivity index (χ4n) is 2.82. The Morgan fingerprint density at radius 3 is 3.00 bits per heavy atom. The van der Waals surface area contributed by atoms with Crippen LogP contribution in [0.3, 0.4) is 0 Å². The largest absolute Gasteiger partial charge is 0.467 e. The Labute approximate surface area is 144 Å². The molecular formula is C16H20N4O3S. The van der Waals surface area contributed by atoms with E-state index in [0.29, 0.717) is 36.8 Å². The normalized spacial score (nSPS) is 16.8. The summed E-state index contributed by atoms with van der Waals surface area (Å²) in [5.74, 6) is 1.76. The van der Waals surface area contributed by atoms with Gasteiger partial charge in [0.15, 0.2) is 0 Å². The van der Waals surface area contributed by atoms with Crippen molar-refractivity contribution in [3.8, 4) is 0 Å². The van der Waals surface area contributed by atoms with Crippen molar-refractivity contribution in [1.82, 2.24) is 19.8 Å². The van der Waals surface area contributed by atoms with Crippen LogP contribution in [-0.4, -0.2) is 44.8 Å². The van der Waals surface area contributed by atoms with E-state index in [1.54, 1.807) is 24.6 Å². The summed E-state index contributed by atoms with van der Waals surface area (Å²) in [5.41, 5.74) is 0.363. The van der Waals surface area contributed by atoms with Gasteiger partial charge >= 0.3 is 0 Å². The molecule has 8 heteroatoms. The number of amides is 2. The molecule has 2 amide bonds. The number of hydrogen-bond donors (Lipinski definition) is 1. The lowest BCUT2D eigenvalue weighted by Crippen LogP contribution is -2.41. The zero-order valence-electron chi connectivity index (χ0n) is 13.7. The molecule has 1 unspecified atom stereocenters. The van der Waals surface area contributed by atoms with Crippen LogP contribution in [0.5, 0.6) is 0 Å². The molecule has 1 N–H and O–H groups in total. The third kappa shape index (κ3) is 3.33. The number of nitrogens with zero attached hydrogens (tertiary/aromatic N) is 3. The molecule has 0 saturated heterocycles. The highest BCUT2D eigenvalue weighted by atomic mass is 32.2. The zero-order valence-corrected chi connectivity index (χ0v) is 14.5.